The molecule has 1 aliphatic heterocycles. The highest BCUT2D eigenvalue weighted by Crippen LogP contribution is 2.30. The van der Waals surface area contributed by atoms with Crippen molar-refractivity contribution in [3.8, 4) is 0 Å². The third-order valence-corrected chi connectivity index (χ3v) is 4.18. The number of pyridine rings is 1. The van der Waals surface area contributed by atoms with Crippen molar-refractivity contribution >= 4 is 23.0 Å². The molecule has 10 nitrogen and oxygen atoms in total. The van der Waals surface area contributed by atoms with Crippen molar-refractivity contribution in [1.82, 2.24) is 4.57 Å². The standard InChI is InChI=1S/C16H14N4O6/c21-15-6-4-13(20(25)26)9-17(15)10-16(22)18-7-1-2-11-8-12(19(23)24)3-5-14(11)18/h3-6,8-9H,1-2,7,10H2. The summed E-state index contributed by atoms with van der Waals surface area (Å²) in [4.78, 5) is 46.6. The lowest BCUT2D eigenvalue weighted by molar-refractivity contribution is -0.385. The molecule has 1 aromatic carbocycles. The Kier molecular flexibility index (Phi) is 4.48. The summed E-state index contributed by atoms with van der Waals surface area (Å²) in [5.41, 5.74) is 0.389. The van der Waals surface area contributed by atoms with Gasteiger partial charge in [0.05, 0.1) is 16.0 Å². The molecule has 3 rings (SSSR count). The molecule has 0 spiro atoms. The molecule has 26 heavy (non-hydrogen) atoms. The van der Waals surface area contributed by atoms with E-state index in [-0.39, 0.29) is 17.9 Å². The number of benzene rings is 1. The molecule has 0 radical (unpaired) electrons. The minimum atomic E-state index is -0.643. The maximum atomic E-state index is 12.6. The topological polar surface area (TPSA) is 129 Å². The van der Waals surface area contributed by atoms with E-state index in [4.69, 9.17) is 0 Å². The van der Waals surface area contributed by atoms with Crippen LogP contribution >= 0.6 is 0 Å². The van der Waals surface area contributed by atoms with Crippen LogP contribution in [-0.4, -0.2) is 26.9 Å². The molecule has 0 atom stereocenters. The lowest BCUT2D eigenvalue weighted by Crippen LogP contribution is -2.39. The Hall–Kier alpha value is -3.56. The predicted molar refractivity (Wildman–Crippen MR) is 91.1 cm³/mol. The molecule has 0 unspecified atom stereocenters. The van der Waals surface area contributed by atoms with Gasteiger partial charge in [-0.25, -0.2) is 0 Å². The van der Waals surface area contributed by atoms with Gasteiger partial charge in [-0.2, -0.15) is 0 Å². The first-order valence-electron chi connectivity index (χ1n) is 7.79. The summed E-state index contributed by atoms with van der Waals surface area (Å²) in [5.74, 6) is -0.414. The van der Waals surface area contributed by atoms with Gasteiger partial charge in [-0.1, -0.05) is 0 Å². The molecule has 0 aliphatic carbocycles. The summed E-state index contributed by atoms with van der Waals surface area (Å²) in [7, 11) is 0. The Bertz CT molecular complexity index is 967. The van der Waals surface area contributed by atoms with Crippen molar-refractivity contribution in [2.45, 2.75) is 19.4 Å². The van der Waals surface area contributed by atoms with Crippen LogP contribution in [0, 0.1) is 20.2 Å². The van der Waals surface area contributed by atoms with Crippen molar-refractivity contribution in [1.29, 1.82) is 0 Å². The fraction of sp³-hybridized carbons (Fsp3) is 0.250. The number of rotatable bonds is 4. The zero-order valence-electron chi connectivity index (χ0n) is 13.5. The monoisotopic (exact) mass is 358 g/mol. The minimum Gasteiger partial charge on any atom is -0.311 e. The number of nitro groups is 2. The third-order valence-electron chi connectivity index (χ3n) is 4.18. The molecule has 2 heterocycles. The summed E-state index contributed by atoms with van der Waals surface area (Å²) < 4.78 is 0.986. The molecule has 1 aliphatic rings. The predicted octanol–water partition coefficient (Wildman–Crippen LogP) is 1.64. The van der Waals surface area contributed by atoms with Crippen LogP contribution in [0.15, 0.2) is 41.3 Å². The van der Waals surface area contributed by atoms with E-state index >= 15 is 0 Å². The van der Waals surface area contributed by atoms with Gasteiger partial charge >= 0.3 is 0 Å². The first-order chi connectivity index (χ1) is 12.4. The number of aromatic nitrogens is 1. The molecule has 0 fully saturated rings. The van der Waals surface area contributed by atoms with Gasteiger partial charge in [0.25, 0.3) is 16.9 Å². The molecular formula is C16H14N4O6. The van der Waals surface area contributed by atoms with Crippen LogP contribution in [0.2, 0.25) is 0 Å². The Labute approximate surface area is 146 Å². The van der Waals surface area contributed by atoms with Crippen molar-refractivity contribution < 1.29 is 14.6 Å². The number of anilines is 1. The lowest BCUT2D eigenvalue weighted by Gasteiger charge is -2.29. The zero-order chi connectivity index (χ0) is 18.8. The molecule has 0 N–H and O–H groups in total. The van der Waals surface area contributed by atoms with Crippen molar-refractivity contribution in [2.75, 3.05) is 11.4 Å². The number of nitrogens with zero attached hydrogens (tertiary/aromatic N) is 4. The number of carbonyl (C=O) groups excluding carboxylic acids is 1. The normalized spacial score (nSPS) is 13.2. The van der Waals surface area contributed by atoms with Crippen molar-refractivity contribution in [2.24, 2.45) is 0 Å². The second-order valence-electron chi connectivity index (χ2n) is 5.83. The molecule has 2 aromatic rings. The molecule has 134 valence electrons. The lowest BCUT2D eigenvalue weighted by atomic mass is 10.0. The van der Waals surface area contributed by atoms with E-state index in [1.54, 1.807) is 0 Å². The molecule has 0 saturated heterocycles. The van der Waals surface area contributed by atoms with Gasteiger partial charge in [0.15, 0.2) is 0 Å². The Morgan fingerprint density at radius 2 is 1.77 bits per heavy atom. The smallest absolute Gasteiger partial charge is 0.285 e. The summed E-state index contributed by atoms with van der Waals surface area (Å²) in [6, 6.07) is 6.40. The molecular weight excluding hydrogens is 344 g/mol. The number of hydrogen-bond acceptors (Lipinski definition) is 6. The van der Waals surface area contributed by atoms with Gasteiger partial charge < -0.3 is 4.90 Å². The Morgan fingerprint density at radius 3 is 2.46 bits per heavy atom. The van der Waals surface area contributed by atoms with Gasteiger partial charge in [0.2, 0.25) is 5.91 Å². The van der Waals surface area contributed by atoms with Crippen LogP contribution in [0.5, 0.6) is 0 Å². The second kappa shape index (κ2) is 6.75. The second-order valence-corrected chi connectivity index (χ2v) is 5.83. The van der Waals surface area contributed by atoms with Crippen LogP contribution in [0.3, 0.4) is 0 Å². The molecule has 0 bridgehead atoms. The van der Waals surface area contributed by atoms with Crippen LogP contribution in [-0.2, 0) is 17.8 Å². The quantitative estimate of drug-likeness (QED) is 0.603. The maximum absolute atomic E-state index is 12.6. The van der Waals surface area contributed by atoms with Gasteiger partial charge in [0, 0.05) is 36.5 Å². The van der Waals surface area contributed by atoms with Crippen molar-refractivity contribution in [3.63, 3.8) is 0 Å². The van der Waals surface area contributed by atoms with E-state index in [9.17, 15) is 29.8 Å². The van der Waals surface area contributed by atoms with Crippen LogP contribution in [0.25, 0.3) is 0 Å². The average molecular weight is 358 g/mol. The summed E-state index contributed by atoms with van der Waals surface area (Å²) in [6.07, 6.45) is 2.27. The average Bonchev–Trinajstić information content (AvgIpc) is 2.62. The summed E-state index contributed by atoms with van der Waals surface area (Å²) in [6.45, 7) is 0.0598. The number of non-ortho nitro benzene ring substituents is 1. The van der Waals surface area contributed by atoms with E-state index in [0.29, 0.717) is 30.6 Å². The summed E-state index contributed by atoms with van der Waals surface area (Å²) in [5, 5.41) is 21.7. The molecule has 1 amide bonds. The van der Waals surface area contributed by atoms with E-state index in [2.05, 4.69) is 0 Å². The van der Waals surface area contributed by atoms with Gasteiger partial charge in [0.1, 0.15) is 6.54 Å². The largest absolute Gasteiger partial charge is 0.311 e. The minimum absolute atomic E-state index is 0.0482. The van der Waals surface area contributed by atoms with Gasteiger partial charge in [-0.05, 0) is 24.5 Å². The molecule has 10 heteroatoms. The number of aryl methyl sites for hydroxylation is 1. The van der Waals surface area contributed by atoms with Crippen LogP contribution in [0.1, 0.15) is 12.0 Å². The third kappa shape index (κ3) is 3.29. The Morgan fingerprint density at radius 1 is 1.08 bits per heavy atom. The Balaban J connectivity index is 1.89. The number of fused-ring (bicyclic) bond motifs is 1. The van der Waals surface area contributed by atoms with Crippen LogP contribution in [0.4, 0.5) is 17.1 Å². The van der Waals surface area contributed by atoms with E-state index in [0.717, 1.165) is 22.9 Å². The number of carbonyl (C=O) groups is 1. The number of hydrogen-bond donors (Lipinski definition) is 0. The summed E-state index contributed by atoms with van der Waals surface area (Å²) >= 11 is 0. The van der Waals surface area contributed by atoms with E-state index < -0.39 is 21.3 Å². The SMILES string of the molecule is O=C(Cn1cc([N+](=O)[O-])ccc1=O)N1CCCc2cc([N+](=O)[O-])ccc21. The van der Waals surface area contributed by atoms with Gasteiger partial charge in [-0.15, -0.1) is 0 Å². The molecule has 1 aromatic heterocycles. The van der Waals surface area contributed by atoms with E-state index in [1.807, 2.05) is 0 Å². The highest BCUT2D eigenvalue weighted by atomic mass is 16.6. The van der Waals surface area contributed by atoms with Crippen molar-refractivity contribution in [3.05, 3.63) is 72.7 Å². The first kappa shape index (κ1) is 17.3. The van der Waals surface area contributed by atoms with Crippen LogP contribution < -0.4 is 10.5 Å². The fourth-order valence-electron chi connectivity index (χ4n) is 2.94. The first-order valence-corrected chi connectivity index (χ1v) is 7.79. The number of nitro benzene ring substituents is 1. The highest BCUT2D eigenvalue weighted by molar-refractivity contribution is 5.94. The fourth-order valence-corrected chi connectivity index (χ4v) is 2.94. The van der Waals surface area contributed by atoms with Gasteiger partial charge in [-0.3, -0.25) is 34.4 Å². The zero-order valence-corrected chi connectivity index (χ0v) is 13.5. The molecule has 0 saturated carbocycles. The highest BCUT2D eigenvalue weighted by Gasteiger charge is 2.25. The van der Waals surface area contributed by atoms with E-state index in [1.165, 1.54) is 23.1 Å². The number of amides is 1. The maximum Gasteiger partial charge on any atom is 0.285 e.